The molecule has 8 heteroatoms. The number of nitrogen functional groups attached to an aromatic ring is 1. The van der Waals surface area contributed by atoms with Gasteiger partial charge in [-0.3, -0.25) is 4.79 Å². The Bertz CT molecular complexity index is 597. The number of rotatable bonds is 4. The van der Waals surface area contributed by atoms with Crippen molar-refractivity contribution in [2.45, 2.75) is 0 Å². The fourth-order valence-corrected chi connectivity index (χ4v) is 2.52. The Kier molecular flexibility index (Phi) is 3.19. The van der Waals surface area contributed by atoms with Crippen molar-refractivity contribution < 1.29 is 9.53 Å². The highest BCUT2D eigenvalue weighted by atomic mass is 32.1. The summed E-state index contributed by atoms with van der Waals surface area (Å²) >= 11 is 1.32. The summed E-state index contributed by atoms with van der Waals surface area (Å²) in [5, 5.41) is 0.421. The Labute approximate surface area is 107 Å². The normalized spacial score (nSPS) is 10.6. The number of pyridine rings is 1. The lowest BCUT2D eigenvalue weighted by molar-refractivity contribution is -0.116. The molecule has 2 heterocycles. The van der Waals surface area contributed by atoms with Gasteiger partial charge in [-0.2, -0.15) is 0 Å². The third-order valence-electron chi connectivity index (χ3n) is 2.38. The predicted molar refractivity (Wildman–Crippen MR) is 70.8 cm³/mol. The molecule has 2 aromatic rings. The Morgan fingerprint density at radius 2 is 2.33 bits per heavy atom. The van der Waals surface area contributed by atoms with Crippen LogP contribution in [0.5, 0.6) is 5.88 Å². The number of amides is 1. The van der Waals surface area contributed by atoms with Crippen LogP contribution >= 0.6 is 11.3 Å². The molecular formula is C10H13N5O2S. The number of methoxy groups -OCH3 is 1. The number of ether oxygens (including phenoxy) is 1. The van der Waals surface area contributed by atoms with Crippen LogP contribution in [0, 0.1) is 0 Å². The van der Waals surface area contributed by atoms with Gasteiger partial charge in [-0.25, -0.2) is 9.97 Å². The van der Waals surface area contributed by atoms with Crippen molar-refractivity contribution in [1.29, 1.82) is 0 Å². The van der Waals surface area contributed by atoms with E-state index in [0.717, 1.165) is 10.4 Å². The third-order valence-corrected chi connectivity index (χ3v) is 3.29. The standard InChI is InChI=1S/C10H13N5O2S/c1-15(4-6(11)16)5-3-13-9(17-2)7-8(5)18-10(12)14-7/h3H,4H2,1-2H3,(H2,11,16)(H2,12,14). The largest absolute Gasteiger partial charge is 0.479 e. The molecule has 96 valence electrons. The van der Waals surface area contributed by atoms with Gasteiger partial charge < -0.3 is 21.1 Å². The van der Waals surface area contributed by atoms with Crippen molar-refractivity contribution >= 4 is 38.3 Å². The highest BCUT2D eigenvalue weighted by Gasteiger charge is 2.16. The summed E-state index contributed by atoms with van der Waals surface area (Å²) in [6.07, 6.45) is 1.61. The van der Waals surface area contributed by atoms with Gasteiger partial charge in [-0.1, -0.05) is 11.3 Å². The van der Waals surface area contributed by atoms with E-state index in [9.17, 15) is 4.79 Å². The smallest absolute Gasteiger partial charge is 0.241 e. The molecule has 1 amide bonds. The third kappa shape index (κ3) is 2.14. The monoisotopic (exact) mass is 267 g/mol. The highest BCUT2D eigenvalue weighted by Crippen LogP contribution is 2.36. The molecule has 0 spiro atoms. The van der Waals surface area contributed by atoms with Crippen LogP contribution in [-0.2, 0) is 4.79 Å². The summed E-state index contributed by atoms with van der Waals surface area (Å²) in [6.45, 7) is 0.0981. The summed E-state index contributed by atoms with van der Waals surface area (Å²) in [5.41, 5.74) is 12.2. The Morgan fingerprint density at radius 3 is 2.94 bits per heavy atom. The second-order valence-corrected chi connectivity index (χ2v) is 4.74. The summed E-state index contributed by atoms with van der Waals surface area (Å²) in [4.78, 5) is 21.0. The topological polar surface area (TPSA) is 107 Å². The van der Waals surface area contributed by atoms with Crippen molar-refractivity contribution in [1.82, 2.24) is 9.97 Å². The average Bonchev–Trinajstić information content (AvgIpc) is 2.67. The lowest BCUT2D eigenvalue weighted by Gasteiger charge is -2.17. The molecule has 0 aromatic carbocycles. The second-order valence-electron chi connectivity index (χ2n) is 3.70. The van der Waals surface area contributed by atoms with Crippen molar-refractivity contribution in [2.24, 2.45) is 5.73 Å². The molecule has 2 rings (SSSR count). The highest BCUT2D eigenvalue weighted by molar-refractivity contribution is 7.22. The molecule has 0 radical (unpaired) electrons. The zero-order chi connectivity index (χ0) is 13.3. The van der Waals surface area contributed by atoms with Crippen LogP contribution in [0.4, 0.5) is 10.8 Å². The van der Waals surface area contributed by atoms with Crippen LogP contribution in [0.25, 0.3) is 10.2 Å². The molecule has 0 fully saturated rings. The summed E-state index contributed by atoms with van der Waals surface area (Å²) < 4.78 is 5.95. The Morgan fingerprint density at radius 1 is 1.61 bits per heavy atom. The lowest BCUT2D eigenvalue weighted by atomic mass is 10.3. The second kappa shape index (κ2) is 4.65. The van der Waals surface area contributed by atoms with Gasteiger partial charge >= 0.3 is 0 Å². The first-order valence-electron chi connectivity index (χ1n) is 5.11. The zero-order valence-electron chi connectivity index (χ0n) is 10.0. The van der Waals surface area contributed by atoms with E-state index in [-0.39, 0.29) is 6.54 Å². The van der Waals surface area contributed by atoms with E-state index in [1.807, 2.05) is 0 Å². The Balaban J connectivity index is 2.55. The predicted octanol–water partition coefficient (Wildman–Crippen LogP) is 0.204. The molecule has 0 aliphatic rings. The molecule has 4 N–H and O–H groups in total. The minimum atomic E-state index is -0.418. The van der Waals surface area contributed by atoms with Gasteiger partial charge in [0, 0.05) is 7.05 Å². The molecule has 2 aromatic heterocycles. The number of anilines is 2. The summed E-state index contributed by atoms with van der Waals surface area (Å²) in [6, 6.07) is 0. The number of fused-ring (bicyclic) bond motifs is 1. The first-order valence-corrected chi connectivity index (χ1v) is 5.93. The molecule has 0 atom stereocenters. The molecule has 0 aliphatic carbocycles. The van der Waals surface area contributed by atoms with Gasteiger partial charge in [0.1, 0.15) is 5.52 Å². The first-order chi connectivity index (χ1) is 8.52. The number of hydrogen-bond donors (Lipinski definition) is 2. The van der Waals surface area contributed by atoms with E-state index in [4.69, 9.17) is 16.2 Å². The first kappa shape index (κ1) is 12.4. The van der Waals surface area contributed by atoms with E-state index in [0.29, 0.717) is 16.5 Å². The van der Waals surface area contributed by atoms with Gasteiger partial charge in [-0.15, -0.1) is 0 Å². The lowest BCUT2D eigenvalue weighted by Crippen LogP contribution is -2.30. The fourth-order valence-electron chi connectivity index (χ4n) is 1.63. The van der Waals surface area contributed by atoms with Crippen LogP contribution in [0.15, 0.2) is 6.20 Å². The van der Waals surface area contributed by atoms with Crippen molar-refractivity contribution in [3.05, 3.63) is 6.20 Å². The van der Waals surface area contributed by atoms with Crippen molar-refractivity contribution in [3.8, 4) is 5.88 Å². The Hall–Kier alpha value is -2.09. The maximum atomic E-state index is 10.9. The number of primary amides is 1. The van der Waals surface area contributed by atoms with E-state index in [1.54, 1.807) is 18.1 Å². The molecule has 0 bridgehead atoms. The van der Waals surface area contributed by atoms with E-state index >= 15 is 0 Å². The van der Waals surface area contributed by atoms with Gasteiger partial charge in [0.2, 0.25) is 11.8 Å². The molecule has 7 nitrogen and oxygen atoms in total. The minimum absolute atomic E-state index is 0.0981. The SMILES string of the molecule is COc1ncc(N(C)CC(N)=O)c2sc(N)nc12. The van der Waals surface area contributed by atoms with Crippen molar-refractivity contribution in [3.63, 3.8) is 0 Å². The van der Waals surface area contributed by atoms with Crippen molar-refractivity contribution in [2.75, 3.05) is 31.3 Å². The van der Waals surface area contributed by atoms with Crippen LogP contribution < -0.4 is 21.1 Å². The number of nitrogens with zero attached hydrogens (tertiary/aromatic N) is 3. The molecule has 0 saturated heterocycles. The summed E-state index contributed by atoms with van der Waals surface area (Å²) in [7, 11) is 3.27. The molecule has 18 heavy (non-hydrogen) atoms. The molecule has 0 aliphatic heterocycles. The maximum Gasteiger partial charge on any atom is 0.241 e. The van der Waals surface area contributed by atoms with Gasteiger partial charge in [0.05, 0.1) is 30.2 Å². The minimum Gasteiger partial charge on any atom is -0.479 e. The van der Waals surface area contributed by atoms with Crippen LogP contribution in [-0.4, -0.2) is 36.6 Å². The maximum absolute atomic E-state index is 10.9. The van der Waals surface area contributed by atoms with Crippen LogP contribution in [0.2, 0.25) is 0 Å². The van der Waals surface area contributed by atoms with E-state index in [2.05, 4.69) is 9.97 Å². The van der Waals surface area contributed by atoms with Crippen LogP contribution in [0.1, 0.15) is 0 Å². The summed E-state index contributed by atoms with van der Waals surface area (Å²) in [5.74, 6) is -0.00636. The van der Waals surface area contributed by atoms with Gasteiger partial charge in [-0.05, 0) is 0 Å². The number of aromatic nitrogens is 2. The van der Waals surface area contributed by atoms with Gasteiger partial charge in [0.25, 0.3) is 0 Å². The fraction of sp³-hybridized carbons (Fsp3) is 0.300. The zero-order valence-corrected chi connectivity index (χ0v) is 10.8. The number of likely N-dealkylation sites (N-methyl/N-ethyl adjacent to an activating group) is 1. The molecule has 0 unspecified atom stereocenters. The number of carbonyl (C=O) groups is 1. The van der Waals surface area contributed by atoms with Crippen LogP contribution in [0.3, 0.4) is 0 Å². The number of hydrogen-bond acceptors (Lipinski definition) is 7. The number of nitrogens with two attached hydrogens (primary N) is 2. The number of carbonyl (C=O) groups excluding carboxylic acids is 1. The van der Waals surface area contributed by atoms with E-state index < -0.39 is 5.91 Å². The average molecular weight is 267 g/mol. The quantitative estimate of drug-likeness (QED) is 0.819. The van der Waals surface area contributed by atoms with E-state index in [1.165, 1.54) is 18.4 Å². The van der Waals surface area contributed by atoms with Gasteiger partial charge in [0.15, 0.2) is 5.13 Å². The number of thiazole rings is 1. The molecule has 0 saturated carbocycles. The molecular weight excluding hydrogens is 254 g/mol.